The number of amides is 2. The molecule has 0 bridgehead atoms. The quantitative estimate of drug-likeness (QED) is 0.665. The molecule has 1 atom stereocenters. The van der Waals surface area contributed by atoms with Gasteiger partial charge in [-0.3, -0.25) is 9.59 Å². The Bertz CT molecular complexity index is 952. The van der Waals surface area contributed by atoms with Crippen LogP contribution >= 0.6 is 0 Å². The molecule has 0 unspecified atom stereocenters. The molecule has 1 N–H and O–H groups in total. The van der Waals surface area contributed by atoms with Crippen LogP contribution in [0, 0.1) is 5.92 Å². The Morgan fingerprint density at radius 3 is 2.59 bits per heavy atom. The predicted molar refractivity (Wildman–Crippen MR) is 108 cm³/mol. The Morgan fingerprint density at radius 1 is 1.07 bits per heavy atom. The number of anilines is 1. The van der Waals surface area contributed by atoms with E-state index in [2.05, 4.69) is 5.32 Å². The summed E-state index contributed by atoms with van der Waals surface area (Å²) in [6.45, 7) is 1.27. The van der Waals surface area contributed by atoms with E-state index in [0.29, 0.717) is 31.1 Å². The van der Waals surface area contributed by atoms with E-state index in [9.17, 15) is 9.59 Å². The molecule has 2 amide bonds. The van der Waals surface area contributed by atoms with Crippen molar-refractivity contribution in [1.29, 1.82) is 0 Å². The molecule has 29 heavy (non-hydrogen) atoms. The zero-order valence-corrected chi connectivity index (χ0v) is 15.9. The van der Waals surface area contributed by atoms with E-state index in [1.807, 2.05) is 48.5 Å². The maximum atomic E-state index is 12.6. The van der Waals surface area contributed by atoms with Crippen LogP contribution in [0.4, 0.5) is 5.69 Å². The summed E-state index contributed by atoms with van der Waals surface area (Å²) in [4.78, 5) is 26.4. The van der Waals surface area contributed by atoms with Gasteiger partial charge >= 0.3 is 0 Å². The molecule has 1 aliphatic rings. The lowest BCUT2D eigenvalue weighted by molar-refractivity contribution is -0.128. The number of benzene rings is 2. The number of ether oxygens (including phenoxy) is 1. The van der Waals surface area contributed by atoms with Crippen molar-refractivity contribution in [1.82, 2.24) is 4.90 Å². The lowest BCUT2D eigenvalue weighted by Crippen LogP contribution is -2.27. The van der Waals surface area contributed by atoms with Crippen LogP contribution in [0.25, 0.3) is 0 Å². The zero-order valence-electron chi connectivity index (χ0n) is 15.9. The van der Waals surface area contributed by atoms with Crippen molar-refractivity contribution in [3.05, 3.63) is 84.3 Å². The van der Waals surface area contributed by atoms with Gasteiger partial charge in [-0.2, -0.15) is 0 Å². The fourth-order valence-electron chi connectivity index (χ4n) is 3.31. The molecule has 0 aliphatic carbocycles. The molecule has 6 nitrogen and oxygen atoms in total. The van der Waals surface area contributed by atoms with E-state index >= 15 is 0 Å². The van der Waals surface area contributed by atoms with Crippen LogP contribution in [0.1, 0.15) is 17.7 Å². The van der Waals surface area contributed by atoms with Gasteiger partial charge in [0.15, 0.2) is 0 Å². The first-order valence-corrected chi connectivity index (χ1v) is 9.55. The summed E-state index contributed by atoms with van der Waals surface area (Å²) in [5, 5.41) is 2.89. The van der Waals surface area contributed by atoms with Crippen LogP contribution in [-0.2, 0) is 22.7 Å². The highest BCUT2D eigenvalue weighted by atomic mass is 16.5. The second kappa shape index (κ2) is 8.65. The highest BCUT2D eigenvalue weighted by molar-refractivity contribution is 5.97. The van der Waals surface area contributed by atoms with Crippen molar-refractivity contribution in [2.75, 3.05) is 11.9 Å². The predicted octanol–water partition coefficient (Wildman–Crippen LogP) is 3.85. The van der Waals surface area contributed by atoms with E-state index in [4.69, 9.17) is 9.15 Å². The Labute approximate surface area is 169 Å². The standard InChI is InChI=1S/C23H22N2O4/c26-22-13-18(14-25(22)15-21-7-4-12-28-21)23(27)24-19-8-10-20(11-9-19)29-16-17-5-2-1-3-6-17/h1-12,18H,13-16H2,(H,24,27)/t18-/m0/s1. The monoisotopic (exact) mass is 390 g/mol. The Morgan fingerprint density at radius 2 is 1.86 bits per heavy atom. The molecule has 1 aliphatic heterocycles. The summed E-state index contributed by atoms with van der Waals surface area (Å²) in [6.07, 6.45) is 1.79. The van der Waals surface area contributed by atoms with Gasteiger partial charge in [0, 0.05) is 18.7 Å². The number of furan rings is 1. The molecule has 2 aromatic carbocycles. The molecule has 4 rings (SSSR count). The van der Waals surface area contributed by atoms with Crippen LogP contribution < -0.4 is 10.1 Å². The molecule has 1 aromatic heterocycles. The van der Waals surface area contributed by atoms with Gasteiger partial charge in [-0.25, -0.2) is 0 Å². The van der Waals surface area contributed by atoms with E-state index in [1.54, 1.807) is 29.4 Å². The van der Waals surface area contributed by atoms with Crippen LogP contribution in [-0.4, -0.2) is 23.3 Å². The van der Waals surface area contributed by atoms with Crippen molar-refractivity contribution in [2.24, 2.45) is 5.92 Å². The van der Waals surface area contributed by atoms with Crippen LogP contribution in [0.15, 0.2) is 77.4 Å². The summed E-state index contributed by atoms with van der Waals surface area (Å²) in [6, 6.07) is 20.8. The average molecular weight is 390 g/mol. The lowest BCUT2D eigenvalue weighted by atomic mass is 10.1. The molecular weight excluding hydrogens is 368 g/mol. The molecule has 3 aromatic rings. The Kier molecular flexibility index (Phi) is 5.61. The Balaban J connectivity index is 1.28. The van der Waals surface area contributed by atoms with Crippen molar-refractivity contribution in [3.63, 3.8) is 0 Å². The topological polar surface area (TPSA) is 71.8 Å². The number of nitrogens with one attached hydrogen (secondary N) is 1. The van der Waals surface area contributed by atoms with Gasteiger partial charge in [0.1, 0.15) is 18.1 Å². The summed E-state index contributed by atoms with van der Waals surface area (Å²) in [7, 11) is 0. The minimum absolute atomic E-state index is 0.0359. The second-order valence-corrected chi connectivity index (χ2v) is 7.04. The van der Waals surface area contributed by atoms with Crippen molar-refractivity contribution in [2.45, 2.75) is 19.6 Å². The molecule has 0 radical (unpaired) electrons. The van der Waals surface area contributed by atoms with E-state index < -0.39 is 0 Å². The largest absolute Gasteiger partial charge is 0.489 e. The highest BCUT2D eigenvalue weighted by Gasteiger charge is 2.34. The fourth-order valence-corrected chi connectivity index (χ4v) is 3.31. The van der Waals surface area contributed by atoms with Crippen LogP contribution in [0.5, 0.6) is 5.75 Å². The second-order valence-electron chi connectivity index (χ2n) is 7.04. The van der Waals surface area contributed by atoms with Crippen molar-refractivity contribution < 1.29 is 18.7 Å². The number of hydrogen-bond acceptors (Lipinski definition) is 4. The molecule has 1 fully saturated rings. The minimum atomic E-state index is -0.369. The number of carbonyl (C=O) groups excluding carboxylic acids is 2. The van der Waals surface area contributed by atoms with E-state index in [1.165, 1.54) is 0 Å². The molecule has 6 heteroatoms. The van der Waals surface area contributed by atoms with Gasteiger partial charge in [-0.05, 0) is 42.0 Å². The van der Waals surface area contributed by atoms with Gasteiger partial charge in [0.25, 0.3) is 0 Å². The third kappa shape index (κ3) is 4.85. The molecule has 0 saturated carbocycles. The summed E-state index contributed by atoms with van der Waals surface area (Å²) in [5.41, 5.74) is 1.77. The SMILES string of the molecule is O=C(Nc1ccc(OCc2ccccc2)cc1)[C@H]1CC(=O)N(Cc2ccco2)C1. The first-order valence-electron chi connectivity index (χ1n) is 9.55. The fraction of sp³-hybridized carbons (Fsp3) is 0.217. The van der Waals surface area contributed by atoms with Crippen molar-refractivity contribution in [3.8, 4) is 5.75 Å². The third-order valence-corrected chi connectivity index (χ3v) is 4.88. The van der Waals surface area contributed by atoms with Crippen LogP contribution in [0.3, 0.4) is 0 Å². The summed E-state index contributed by atoms with van der Waals surface area (Å²) >= 11 is 0. The normalized spacial score (nSPS) is 16.1. The molecule has 148 valence electrons. The van der Waals surface area contributed by atoms with Crippen LogP contribution in [0.2, 0.25) is 0 Å². The molecule has 1 saturated heterocycles. The first kappa shape index (κ1) is 18.8. The molecular formula is C23H22N2O4. The number of hydrogen-bond donors (Lipinski definition) is 1. The van der Waals surface area contributed by atoms with Crippen molar-refractivity contribution >= 4 is 17.5 Å². The average Bonchev–Trinajstić information content (AvgIpc) is 3.39. The summed E-state index contributed by atoms with van der Waals surface area (Å²) in [5.74, 6) is 0.883. The number of nitrogens with zero attached hydrogens (tertiary/aromatic N) is 1. The zero-order chi connectivity index (χ0) is 20.1. The van der Waals surface area contributed by atoms with E-state index in [-0.39, 0.29) is 24.2 Å². The van der Waals surface area contributed by atoms with E-state index in [0.717, 1.165) is 11.3 Å². The highest BCUT2D eigenvalue weighted by Crippen LogP contribution is 2.23. The Hall–Kier alpha value is -3.54. The first-order chi connectivity index (χ1) is 14.2. The third-order valence-electron chi connectivity index (χ3n) is 4.88. The van der Waals surface area contributed by atoms with Gasteiger partial charge < -0.3 is 19.4 Å². The van der Waals surface area contributed by atoms with Gasteiger partial charge in [0.05, 0.1) is 18.7 Å². The van der Waals surface area contributed by atoms with Gasteiger partial charge in [-0.1, -0.05) is 30.3 Å². The lowest BCUT2D eigenvalue weighted by Gasteiger charge is -2.15. The van der Waals surface area contributed by atoms with Gasteiger partial charge in [0.2, 0.25) is 11.8 Å². The molecule has 2 heterocycles. The number of likely N-dealkylation sites (tertiary alicyclic amines) is 1. The summed E-state index contributed by atoms with van der Waals surface area (Å²) < 4.78 is 11.0. The van der Waals surface area contributed by atoms with Gasteiger partial charge in [-0.15, -0.1) is 0 Å². The smallest absolute Gasteiger partial charge is 0.229 e. The minimum Gasteiger partial charge on any atom is -0.489 e. The number of rotatable bonds is 7. The maximum absolute atomic E-state index is 12.6. The maximum Gasteiger partial charge on any atom is 0.229 e. The number of carbonyl (C=O) groups is 2. The molecule has 0 spiro atoms.